The summed E-state index contributed by atoms with van der Waals surface area (Å²) < 4.78 is 0.949. The van der Waals surface area contributed by atoms with E-state index >= 15 is 0 Å². The maximum Gasteiger partial charge on any atom is 0.319 e. The molecule has 0 saturated carbocycles. The van der Waals surface area contributed by atoms with Crippen molar-refractivity contribution in [2.45, 2.75) is 12.8 Å². The molecule has 0 aliphatic carbocycles. The van der Waals surface area contributed by atoms with Gasteiger partial charge in [-0.15, -0.1) is 0 Å². The lowest BCUT2D eigenvalue weighted by Gasteiger charge is -2.17. The minimum atomic E-state index is -0.313. The number of rotatable bonds is 4. The van der Waals surface area contributed by atoms with Crippen LogP contribution in [-0.2, 0) is 11.2 Å². The highest BCUT2D eigenvalue weighted by Crippen LogP contribution is 2.27. The lowest BCUT2D eigenvalue weighted by atomic mass is 10.2. The van der Waals surface area contributed by atoms with E-state index in [2.05, 4.69) is 26.6 Å². The average molecular weight is 388 g/mol. The van der Waals surface area contributed by atoms with Crippen molar-refractivity contribution < 1.29 is 9.59 Å². The van der Waals surface area contributed by atoms with Crippen molar-refractivity contribution in [1.82, 2.24) is 5.32 Å². The summed E-state index contributed by atoms with van der Waals surface area (Å²) in [6, 6.07) is 14.9. The molecule has 2 N–H and O–H groups in total. The summed E-state index contributed by atoms with van der Waals surface area (Å²) in [6.45, 7) is 1.02. The van der Waals surface area contributed by atoms with Crippen molar-refractivity contribution >= 4 is 39.2 Å². The van der Waals surface area contributed by atoms with Gasteiger partial charge in [-0.1, -0.05) is 34.1 Å². The van der Waals surface area contributed by atoms with Gasteiger partial charge in [0.1, 0.15) is 0 Å². The van der Waals surface area contributed by atoms with Crippen LogP contribution >= 0.6 is 15.9 Å². The van der Waals surface area contributed by atoms with Crippen LogP contribution in [0.25, 0.3) is 0 Å². The van der Waals surface area contributed by atoms with E-state index < -0.39 is 0 Å². The smallest absolute Gasteiger partial charge is 0.319 e. The number of hydrogen-bond donors (Lipinski definition) is 2. The van der Waals surface area contributed by atoms with E-state index in [4.69, 9.17) is 0 Å². The second-order valence-corrected chi connectivity index (χ2v) is 6.48. The monoisotopic (exact) mass is 387 g/mol. The molecule has 2 aromatic rings. The van der Waals surface area contributed by atoms with Crippen molar-refractivity contribution in [3.63, 3.8) is 0 Å². The average Bonchev–Trinajstić information content (AvgIpc) is 3.01. The number of carbonyl (C=O) groups is 2. The van der Waals surface area contributed by atoms with Gasteiger partial charge in [-0.25, -0.2) is 4.79 Å². The van der Waals surface area contributed by atoms with Crippen LogP contribution in [0.3, 0.4) is 0 Å². The normalized spacial score (nSPS) is 12.6. The largest absolute Gasteiger partial charge is 0.337 e. The summed E-state index contributed by atoms with van der Waals surface area (Å²) in [5, 5.41) is 5.45. The standard InChI is InChI=1S/C18H18BrN3O2/c19-14-5-7-15(8-6-14)21-18(24)20-11-9-17(23)22-12-10-13-3-1-2-4-16(13)22/h1-8H,9-12H2,(H2,20,21,24). The summed E-state index contributed by atoms with van der Waals surface area (Å²) >= 11 is 3.34. The third-order valence-corrected chi connectivity index (χ3v) is 4.44. The molecule has 0 saturated heterocycles. The predicted molar refractivity (Wildman–Crippen MR) is 98.3 cm³/mol. The molecular weight excluding hydrogens is 370 g/mol. The molecule has 0 atom stereocenters. The van der Waals surface area contributed by atoms with E-state index in [9.17, 15) is 9.59 Å². The Kier molecular flexibility index (Phi) is 5.15. The number of hydrogen-bond acceptors (Lipinski definition) is 2. The minimum Gasteiger partial charge on any atom is -0.337 e. The lowest BCUT2D eigenvalue weighted by molar-refractivity contribution is -0.118. The van der Waals surface area contributed by atoms with Crippen LogP contribution in [0.5, 0.6) is 0 Å². The van der Waals surface area contributed by atoms with Crippen molar-refractivity contribution in [1.29, 1.82) is 0 Å². The van der Waals surface area contributed by atoms with Crippen LogP contribution in [0.15, 0.2) is 53.0 Å². The fourth-order valence-electron chi connectivity index (χ4n) is 2.72. The topological polar surface area (TPSA) is 61.4 Å². The molecule has 0 aromatic heterocycles. The number of nitrogens with one attached hydrogen (secondary N) is 2. The lowest BCUT2D eigenvalue weighted by Crippen LogP contribution is -2.35. The Morgan fingerprint density at radius 3 is 2.62 bits per heavy atom. The summed E-state index contributed by atoms with van der Waals surface area (Å²) in [6.07, 6.45) is 1.17. The van der Waals surface area contributed by atoms with Crippen LogP contribution < -0.4 is 15.5 Å². The van der Waals surface area contributed by atoms with Crippen molar-refractivity contribution in [3.8, 4) is 0 Å². The Morgan fingerprint density at radius 1 is 1.08 bits per heavy atom. The Morgan fingerprint density at radius 2 is 1.83 bits per heavy atom. The molecule has 3 amide bonds. The van der Waals surface area contributed by atoms with Crippen LogP contribution in [-0.4, -0.2) is 25.0 Å². The van der Waals surface area contributed by atoms with Gasteiger partial charge in [-0.3, -0.25) is 4.79 Å². The van der Waals surface area contributed by atoms with Gasteiger partial charge in [0, 0.05) is 35.4 Å². The first kappa shape index (κ1) is 16.5. The van der Waals surface area contributed by atoms with Gasteiger partial charge in [0.25, 0.3) is 0 Å². The molecule has 24 heavy (non-hydrogen) atoms. The summed E-state index contributed by atoms with van der Waals surface area (Å²) in [5.74, 6) is 0.0314. The molecule has 3 rings (SSSR count). The Labute approximate surface area is 149 Å². The van der Waals surface area contributed by atoms with Crippen molar-refractivity contribution in [2.75, 3.05) is 23.3 Å². The van der Waals surface area contributed by atoms with Crippen molar-refractivity contribution in [2.24, 2.45) is 0 Å². The van der Waals surface area contributed by atoms with Gasteiger partial charge in [-0.2, -0.15) is 0 Å². The minimum absolute atomic E-state index is 0.0314. The third-order valence-electron chi connectivity index (χ3n) is 3.91. The number of urea groups is 1. The third kappa shape index (κ3) is 3.94. The highest BCUT2D eigenvalue weighted by Gasteiger charge is 2.23. The molecular formula is C18H18BrN3O2. The van der Waals surface area contributed by atoms with Crippen LogP contribution in [0.4, 0.5) is 16.2 Å². The Balaban J connectivity index is 1.45. The summed E-state index contributed by atoms with van der Waals surface area (Å²) in [4.78, 5) is 26.0. The molecule has 1 heterocycles. The molecule has 0 fully saturated rings. The number of halogens is 1. The molecule has 0 radical (unpaired) electrons. The second kappa shape index (κ2) is 7.49. The Bertz CT molecular complexity index is 746. The molecule has 0 bridgehead atoms. The molecule has 0 unspecified atom stereocenters. The molecule has 1 aliphatic rings. The van der Waals surface area contributed by atoms with Gasteiger partial charge in [-0.05, 0) is 42.3 Å². The van der Waals surface area contributed by atoms with E-state index in [0.717, 1.165) is 16.6 Å². The fourth-order valence-corrected chi connectivity index (χ4v) is 2.99. The SMILES string of the molecule is O=C(NCCC(=O)N1CCc2ccccc21)Nc1ccc(Br)cc1. The van der Waals surface area contributed by atoms with Crippen LogP contribution in [0.2, 0.25) is 0 Å². The fraction of sp³-hybridized carbons (Fsp3) is 0.222. The van der Waals surface area contributed by atoms with Gasteiger partial charge in [0.05, 0.1) is 0 Å². The molecule has 1 aliphatic heterocycles. The number of anilines is 2. The number of fused-ring (bicyclic) bond motifs is 1. The Hall–Kier alpha value is -2.34. The number of amides is 3. The van der Waals surface area contributed by atoms with E-state index in [1.165, 1.54) is 5.56 Å². The maximum atomic E-state index is 12.3. The van der Waals surface area contributed by atoms with Crippen LogP contribution in [0, 0.1) is 0 Å². The number of benzene rings is 2. The first-order chi connectivity index (χ1) is 11.6. The molecule has 5 nitrogen and oxygen atoms in total. The van der Waals surface area contributed by atoms with Crippen molar-refractivity contribution in [3.05, 3.63) is 58.6 Å². The van der Waals surface area contributed by atoms with E-state index in [1.807, 2.05) is 36.4 Å². The first-order valence-electron chi connectivity index (χ1n) is 7.82. The highest BCUT2D eigenvalue weighted by molar-refractivity contribution is 9.10. The van der Waals surface area contributed by atoms with Gasteiger partial charge >= 0.3 is 6.03 Å². The van der Waals surface area contributed by atoms with Gasteiger partial charge in [0.15, 0.2) is 0 Å². The zero-order valence-electron chi connectivity index (χ0n) is 13.1. The molecule has 124 valence electrons. The first-order valence-corrected chi connectivity index (χ1v) is 8.61. The molecule has 0 spiro atoms. The van der Waals surface area contributed by atoms with E-state index in [-0.39, 0.29) is 18.4 Å². The highest BCUT2D eigenvalue weighted by atomic mass is 79.9. The summed E-state index contributed by atoms with van der Waals surface area (Å²) in [5.41, 5.74) is 2.89. The van der Waals surface area contributed by atoms with E-state index in [0.29, 0.717) is 18.8 Å². The number of para-hydroxylation sites is 1. The number of nitrogens with zero attached hydrogens (tertiary/aromatic N) is 1. The van der Waals surface area contributed by atoms with E-state index in [1.54, 1.807) is 17.0 Å². The van der Waals surface area contributed by atoms with Gasteiger partial charge < -0.3 is 15.5 Å². The van der Waals surface area contributed by atoms with Crippen LogP contribution in [0.1, 0.15) is 12.0 Å². The second-order valence-electron chi connectivity index (χ2n) is 5.56. The molecule has 6 heteroatoms. The summed E-state index contributed by atoms with van der Waals surface area (Å²) in [7, 11) is 0. The zero-order chi connectivity index (χ0) is 16.9. The van der Waals surface area contributed by atoms with Gasteiger partial charge in [0.2, 0.25) is 5.91 Å². The number of carbonyl (C=O) groups excluding carboxylic acids is 2. The zero-order valence-corrected chi connectivity index (χ0v) is 14.7. The quantitative estimate of drug-likeness (QED) is 0.842. The molecule has 2 aromatic carbocycles. The maximum absolute atomic E-state index is 12.3. The predicted octanol–water partition coefficient (Wildman–Crippen LogP) is 3.55.